The average molecular weight is 273 g/mol. The van der Waals surface area contributed by atoms with Crippen LogP contribution in [0.2, 0.25) is 0 Å². The SMILES string of the molecule is CCNc1c[nH]c2ccc(CC3COC(=O)N3C)cc12. The summed E-state index contributed by atoms with van der Waals surface area (Å²) in [5.74, 6) is 0. The fraction of sp³-hybridized carbons (Fsp3) is 0.400. The van der Waals surface area contributed by atoms with Crippen LogP contribution in [0.15, 0.2) is 24.4 Å². The lowest BCUT2D eigenvalue weighted by Crippen LogP contribution is -2.31. The number of carbonyl (C=O) groups excluding carboxylic acids is 1. The molecule has 5 heteroatoms. The van der Waals surface area contributed by atoms with Crippen LogP contribution in [0, 0.1) is 0 Å². The normalized spacial score (nSPS) is 18.6. The van der Waals surface area contributed by atoms with E-state index in [1.54, 1.807) is 11.9 Å². The molecule has 0 bridgehead atoms. The molecule has 1 aliphatic rings. The zero-order chi connectivity index (χ0) is 14.1. The third-order valence-electron chi connectivity index (χ3n) is 3.82. The summed E-state index contributed by atoms with van der Waals surface area (Å²) in [5.41, 5.74) is 3.46. The molecule has 2 heterocycles. The number of aromatic nitrogens is 1. The third kappa shape index (κ3) is 2.19. The van der Waals surface area contributed by atoms with E-state index in [0.29, 0.717) is 6.61 Å². The predicted octanol–water partition coefficient (Wildman–Crippen LogP) is 2.59. The topological polar surface area (TPSA) is 57.4 Å². The predicted molar refractivity (Wildman–Crippen MR) is 79.1 cm³/mol. The number of fused-ring (bicyclic) bond motifs is 1. The summed E-state index contributed by atoms with van der Waals surface area (Å²) in [6, 6.07) is 6.50. The molecule has 20 heavy (non-hydrogen) atoms. The van der Waals surface area contributed by atoms with Gasteiger partial charge in [0.05, 0.1) is 11.7 Å². The van der Waals surface area contributed by atoms with Gasteiger partial charge in [-0.2, -0.15) is 0 Å². The molecule has 1 atom stereocenters. The van der Waals surface area contributed by atoms with Crippen molar-refractivity contribution in [3.05, 3.63) is 30.0 Å². The van der Waals surface area contributed by atoms with Crippen LogP contribution in [0.1, 0.15) is 12.5 Å². The van der Waals surface area contributed by atoms with E-state index in [1.165, 1.54) is 10.9 Å². The van der Waals surface area contributed by atoms with Crippen LogP contribution in [-0.2, 0) is 11.2 Å². The van der Waals surface area contributed by atoms with E-state index in [-0.39, 0.29) is 12.1 Å². The zero-order valence-electron chi connectivity index (χ0n) is 11.8. The second-order valence-electron chi connectivity index (χ2n) is 5.16. The number of nitrogens with one attached hydrogen (secondary N) is 2. The van der Waals surface area contributed by atoms with Crippen molar-refractivity contribution in [2.75, 3.05) is 25.5 Å². The van der Waals surface area contributed by atoms with E-state index >= 15 is 0 Å². The molecular formula is C15H19N3O2. The lowest BCUT2D eigenvalue weighted by Gasteiger charge is -2.16. The Bertz CT molecular complexity index is 635. The van der Waals surface area contributed by atoms with Gasteiger partial charge in [-0.25, -0.2) is 4.79 Å². The maximum absolute atomic E-state index is 11.4. The zero-order valence-corrected chi connectivity index (χ0v) is 11.8. The number of anilines is 1. The minimum atomic E-state index is -0.230. The molecule has 1 fully saturated rings. The van der Waals surface area contributed by atoms with Gasteiger partial charge in [-0.1, -0.05) is 6.07 Å². The third-order valence-corrected chi connectivity index (χ3v) is 3.82. The van der Waals surface area contributed by atoms with Crippen LogP contribution >= 0.6 is 0 Å². The number of benzene rings is 1. The van der Waals surface area contributed by atoms with Crippen molar-refractivity contribution in [2.45, 2.75) is 19.4 Å². The molecule has 2 N–H and O–H groups in total. The summed E-state index contributed by atoms with van der Waals surface area (Å²) in [4.78, 5) is 16.3. The van der Waals surface area contributed by atoms with E-state index in [2.05, 4.69) is 35.4 Å². The standard InChI is InChI=1S/C15H19N3O2/c1-3-16-14-8-17-13-5-4-10(7-12(13)14)6-11-9-20-15(19)18(11)2/h4-5,7-8,11,16-17H,3,6,9H2,1-2H3. The maximum atomic E-state index is 11.4. The van der Waals surface area contributed by atoms with E-state index in [1.807, 2.05) is 6.20 Å². The van der Waals surface area contributed by atoms with Gasteiger partial charge in [0.1, 0.15) is 6.61 Å². The van der Waals surface area contributed by atoms with Gasteiger partial charge < -0.3 is 19.9 Å². The molecule has 1 saturated heterocycles. The highest BCUT2D eigenvalue weighted by Crippen LogP contribution is 2.25. The number of nitrogens with zero attached hydrogens (tertiary/aromatic N) is 1. The molecule has 5 nitrogen and oxygen atoms in total. The second kappa shape index (κ2) is 5.07. The van der Waals surface area contributed by atoms with Gasteiger partial charge in [0.15, 0.2) is 0 Å². The van der Waals surface area contributed by atoms with Gasteiger partial charge >= 0.3 is 6.09 Å². The number of rotatable bonds is 4. The highest BCUT2D eigenvalue weighted by Gasteiger charge is 2.29. The van der Waals surface area contributed by atoms with E-state index in [0.717, 1.165) is 24.2 Å². The summed E-state index contributed by atoms with van der Waals surface area (Å²) in [5, 5.41) is 4.54. The van der Waals surface area contributed by atoms with Crippen molar-refractivity contribution >= 4 is 22.7 Å². The first kappa shape index (κ1) is 12.8. The Balaban J connectivity index is 1.85. The summed E-state index contributed by atoms with van der Waals surface area (Å²) in [6.45, 7) is 3.45. The number of H-pyrrole nitrogens is 1. The van der Waals surface area contributed by atoms with Crippen molar-refractivity contribution in [1.29, 1.82) is 0 Å². The quantitative estimate of drug-likeness (QED) is 0.900. The Kier molecular flexibility index (Phi) is 3.26. The fourth-order valence-electron chi connectivity index (χ4n) is 2.63. The number of cyclic esters (lactones) is 1. The molecule has 0 spiro atoms. The van der Waals surface area contributed by atoms with Crippen molar-refractivity contribution in [3.8, 4) is 0 Å². The molecule has 3 rings (SSSR count). The number of ether oxygens (including phenoxy) is 1. The molecule has 1 aliphatic heterocycles. The van der Waals surface area contributed by atoms with E-state index in [9.17, 15) is 4.79 Å². The number of amides is 1. The van der Waals surface area contributed by atoms with Gasteiger partial charge in [-0.05, 0) is 31.0 Å². The molecule has 106 valence electrons. The van der Waals surface area contributed by atoms with Crippen LogP contribution in [0.25, 0.3) is 10.9 Å². The highest BCUT2D eigenvalue weighted by atomic mass is 16.6. The Labute approximate surface area is 117 Å². The number of carbonyl (C=O) groups is 1. The Hall–Kier alpha value is -2.17. The highest BCUT2D eigenvalue weighted by molar-refractivity contribution is 5.92. The lowest BCUT2D eigenvalue weighted by atomic mass is 10.0. The second-order valence-corrected chi connectivity index (χ2v) is 5.16. The fourth-order valence-corrected chi connectivity index (χ4v) is 2.63. The summed E-state index contributed by atoms with van der Waals surface area (Å²) in [6.07, 6.45) is 2.58. The van der Waals surface area contributed by atoms with Crippen molar-refractivity contribution < 1.29 is 9.53 Å². The molecule has 1 amide bonds. The van der Waals surface area contributed by atoms with Crippen molar-refractivity contribution in [3.63, 3.8) is 0 Å². The van der Waals surface area contributed by atoms with Gasteiger partial charge in [0.25, 0.3) is 0 Å². The average Bonchev–Trinajstić information content (AvgIpc) is 2.98. The van der Waals surface area contributed by atoms with Crippen LogP contribution < -0.4 is 5.32 Å². The summed E-state index contributed by atoms with van der Waals surface area (Å²) >= 11 is 0. The number of likely N-dealkylation sites (N-methyl/N-ethyl adjacent to an activating group) is 1. The Morgan fingerprint density at radius 3 is 3.05 bits per heavy atom. The molecule has 0 aliphatic carbocycles. The molecule has 2 aromatic rings. The Morgan fingerprint density at radius 1 is 1.50 bits per heavy atom. The van der Waals surface area contributed by atoms with Crippen LogP contribution in [-0.4, -0.2) is 42.2 Å². The number of aromatic amines is 1. The lowest BCUT2D eigenvalue weighted by molar-refractivity contribution is 0.163. The summed E-state index contributed by atoms with van der Waals surface area (Å²) < 4.78 is 5.05. The minimum absolute atomic E-state index is 0.126. The number of hydrogen-bond donors (Lipinski definition) is 2. The van der Waals surface area contributed by atoms with Crippen LogP contribution in [0.4, 0.5) is 10.5 Å². The van der Waals surface area contributed by atoms with Crippen molar-refractivity contribution in [2.24, 2.45) is 0 Å². The minimum Gasteiger partial charge on any atom is -0.447 e. The monoisotopic (exact) mass is 273 g/mol. The first-order chi connectivity index (χ1) is 9.69. The molecule has 1 aromatic carbocycles. The van der Waals surface area contributed by atoms with Crippen LogP contribution in [0.5, 0.6) is 0 Å². The maximum Gasteiger partial charge on any atom is 0.409 e. The Morgan fingerprint density at radius 2 is 2.35 bits per heavy atom. The molecule has 1 unspecified atom stereocenters. The molecule has 1 aromatic heterocycles. The van der Waals surface area contributed by atoms with Gasteiger partial charge in [-0.3, -0.25) is 0 Å². The largest absolute Gasteiger partial charge is 0.447 e. The smallest absolute Gasteiger partial charge is 0.409 e. The molecule has 0 saturated carbocycles. The van der Waals surface area contributed by atoms with Crippen LogP contribution in [0.3, 0.4) is 0 Å². The van der Waals surface area contributed by atoms with Gasteiger partial charge in [-0.15, -0.1) is 0 Å². The summed E-state index contributed by atoms with van der Waals surface area (Å²) in [7, 11) is 1.79. The molecular weight excluding hydrogens is 254 g/mol. The first-order valence-electron chi connectivity index (χ1n) is 6.92. The number of hydrogen-bond acceptors (Lipinski definition) is 3. The van der Waals surface area contributed by atoms with Gasteiger partial charge in [0, 0.05) is 30.7 Å². The van der Waals surface area contributed by atoms with E-state index < -0.39 is 0 Å². The van der Waals surface area contributed by atoms with Gasteiger partial charge in [0.2, 0.25) is 0 Å². The first-order valence-corrected chi connectivity index (χ1v) is 6.92. The van der Waals surface area contributed by atoms with Crippen molar-refractivity contribution in [1.82, 2.24) is 9.88 Å². The molecule has 0 radical (unpaired) electrons. The van der Waals surface area contributed by atoms with E-state index in [4.69, 9.17) is 4.74 Å².